The predicted molar refractivity (Wildman–Crippen MR) is 92.4 cm³/mol. The number of benzene rings is 2. The monoisotopic (exact) mass is 324 g/mol. The van der Waals surface area contributed by atoms with Gasteiger partial charge in [0.1, 0.15) is 11.5 Å². The third kappa shape index (κ3) is 3.11. The van der Waals surface area contributed by atoms with Crippen LogP contribution in [0, 0.1) is 0 Å². The topological polar surface area (TPSA) is 51.1 Å². The first-order valence-electron chi connectivity index (χ1n) is 7.78. The predicted octanol–water partition coefficient (Wildman–Crippen LogP) is 3.40. The van der Waals surface area contributed by atoms with Crippen LogP contribution in [0.2, 0.25) is 0 Å². The van der Waals surface area contributed by atoms with Crippen LogP contribution in [0.25, 0.3) is 0 Å². The zero-order valence-electron chi connectivity index (χ0n) is 14.0. The molecule has 0 aromatic heterocycles. The molecule has 1 aliphatic heterocycles. The molecule has 124 valence electrons. The molecule has 0 spiro atoms. The van der Waals surface area contributed by atoms with Crippen LogP contribution in [0.1, 0.15) is 30.5 Å². The molecule has 0 bridgehead atoms. The van der Waals surface area contributed by atoms with Crippen molar-refractivity contribution in [2.45, 2.75) is 19.4 Å². The Bertz CT molecular complexity index is 768. The van der Waals surface area contributed by atoms with E-state index in [1.54, 1.807) is 19.2 Å². The standard InChI is InChI=1S/C19H20N2O3/c1-13(22)21-19(14-7-9-16(23-2)10-8-14)12-18(20-21)15-5-4-6-17(11-15)24-3/h4-11,19H,12H2,1-3H3/t19-/m1/s1. The first-order valence-corrected chi connectivity index (χ1v) is 7.78. The third-order valence-corrected chi connectivity index (χ3v) is 4.14. The van der Waals surface area contributed by atoms with E-state index in [0.29, 0.717) is 6.42 Å². The van der Waals surface area contributed by atoms with E-state index >= 15 is 0 Å². The first-order chi connectivity index (χ1) is 11.6. The Labute approximate surface area is 141 Å². The molecular weight excluding hydrogens is 304 g/mol. The Balaban J connectivity index is 1.91. The van der Waals surface area contributed by atoms with Gasteiger partial charge < -0.3 is 9.47 Å². The molecule has 0 saturated carbocycles. The van der Waals surface area contributed by atoms with Crippen molar-refractivity contribution >= 4 is 11.6 Å². The molecule has 0 N–H and O–H groups in total. The molecule has 0 unspecified atom stereocenters. The summed E-state index contributed by atoms with van der Waals surface area (Å²) in [5.41, 5.74) is 2.88. The second-order valence-corrected chi connectivity index (χ2v) is 5.64. The summed E-state index contributed by atoms with van der Waals surface area (Å²) in [6.45, 7) is 1.54. The van der Waals surface area contributed by atoms with Crippen LogP contribution in [0.3, 0.4) is 0 Å². The lowest BCUT2D eigenvalue weighted by molar-refractivity contribution is -0.130. The smallest absolute Gasteiger partial charge is 0.240 e. The number of methoxy groups -OCH3 is 2. The number of amides is 1. The van der Waals surface area contributed by atoms with Gasteiger partial charge in [0, 0.05) is 18.9 Å². The first kappa shape index (κ1) is 16.1. The Kier molecular flexibility index (Phi) is 4.51. The van der Waals surface area contributed by atoms with Crippen molar-refractivity contribution in [3.8, 4) is 11.5 Å². The Morgan fingerprint density at radius 2 is 1.79 bits per heavy atom. The summed E-state index contributed by atoms with van der Waals surface area (Å²) < 4.78 is 10.5. The van der Waals surface area contributed by atoms with Gasteiger partial charge in [-0.15, -0.1) is 0 Å². The Hall–Kier alpha value is -2.82. The van der Waals surface area contributed by atoms with E-state index < -0.39 is 0 Å². The number of carbonyl (C=O) groups excluding carboxylic acids is 1. The van der Waals surface area contributed by atoms with Gasteiger partial charge in [-0.3, -0.25) is 4.79 Å². The molecule has 3 rings (SSSR count). The number of nitrogens with zero attached hydrogens (tertiary/aromatic N) is 2. The van der Waals surface area contributed by atoms with Gasteiger partial charge in [0.15, 0.2) is 0 Å². The summed E-state index contributed by atoms with van der Waals surface area (Å²) in [5, 5.41) is 6.10. The largest absolute Gasteiger partial charge is 0.497 e. The van der Waals surface area contributed by atoms with Crippen LogP contribution in [0.5, 0.6) is 11.5 Å². The van der Waals surface area contributed by atoms with Gasteiger partial charge in [-0.2, -0.15) is 5.10 Å². The summed E-state index contributed by atoms with van der Waals surface area (Å²) in [4.78, 5) is 12.0. The number of carbonyl (C=O) groups is 1. The summed E-state index contributed by atoms with van der Waals surface area (Å²) in [7, 11) is 3.27. The van der Waals surface area contributed by atoms with Crippen molar-refractivity contribution < 1.29 is 14.3 Å². The SMILES string of the molecule is COc1ccc([C@H]2CC(c3cccc(OC)c3)=NN2C(C)=O)cc1. The molecule has 24 heavy (non-hydrogen) atoms. The summed E-state index contributed by atoms with van der Waals surface area (Å²) >= 11 is 0. The fourth-order valence-corrected chi connectivity index (χ4v) is 2.86. The fraction of sp³-hybridized carbons (Fsp3) is 0.263. The number of hydrazone groups is 1. The highest BCUT2D eigenvalue weighted by Gasteiger charge is 2.31. The van der Waals surface area contributed by atoms with Gasteiger partial charge in [-0.25, -0.2) is 5.01 Å². The minimum absolute atomic E-state index is 0.0753. The molecule has 0 saturated heterocycles. The van der Waals surface area contributed by atoms with Crippen LogP contribution in [0.4, 0.5) is 0 Å². The van der Waals surface area contributed by atoms with E-state index in [4.69, 9.17) is 9.47 Å². The maximum absolute atomic E-state index is 12.0. The Morgan fingerprint density at radius 3 is 2.42 bits per heavy atom. The van der Waals surface area contributed by atoms with Gasteiger partial charge in [0.25, 0.3) is 0 Å². The van der Waals surface area contributed by atoms with Crippen molar-refractivity contribution in [3.05, 3.63) is 59.7 Å². The number of ether oxygens (including phenoxy) is 2. The van der Waals surface area contributed by atoms with E-state index in [1.807, 2.05) is 48.5 Å². The number of hydrogen-bond donors (Lipinski definition) is 0. The Morgan fingerprint density at radius 1 is 1.08 bits per heavy atom. The van der Waals surface area contributed by atoms with Gasteiger partial charge in [0.2, 0.25) is 5.91 Å². The van der Waals surface area contributed by atoms with Crippen LogP contribution in [0.15, 0.2) is 53.6 Å². The van der Waals surface area contributed by atoms with Crippen LogP contribution >= 0.6 is 0 Å². The van der Waals surface area contributed by atoms with E-state index in [-0.39, 0.29) is 11.9 Å². The average Bonchev–Trinajstić information content (AvgIpc) is 3.07. The summed E-state index contributed by atoms with van der Waals surface area (Å²) in [6, 6.07) is 15.4. The van der Waals surface area contributed by atoms with Gasteiger partial charge in [-0.05, 0) is 29.8 Å². The quantitative estimate of drug-likeness (QED) is 0.866. The van der Waals surface area contributed by atoms with Crippen LogP contribution < -0.4 is 9.47 Å². The minimum Gasteiger partial charge on any atom is -0.497 e. The normalized spacial score (nSPS) is 16.7. The van der Waals surface area contributed by atoms with Gasteiger partial charge >= 0.3 is 0 Å². The lowest BCUT2D eigenvalue weighted by Gasteiger charge is -2.20. The van der Waals surface area contributed by atoms with E-state index in [0.717, 1.165) is 28.3 Å². The summed E-state index contributed by atoms with van der Waals surface area (Å²) in [6.07, 6.45) is 0.666. The number of rotatable bonds is 4. The van der Waals surface area contributed by atoms with Crippen molar-refractivity contribution in [2.24, 2.45) is 5.10 Å². The lowest BCUT2D eigenvalue weighted by atomic mass is 9.98. The highest BCUT2D eigenvalue weighted by molar-refractivity contribution is 6.03. The third-order valence-electron chi connectivity index (χ3n) is 4.14. The van der Waals surface area contributed by atoms with Crippen molar-refractivity contribution in [2.75, 3.05) is 14.2 Å². The minimum atomic E-state index is -0.102. The second-order valence-electron chi connectivity index (χ2n) is 5.64. The highest BCUT2D eigenvalue weighted by Crippen LogP contribution is 2.34. The zero-order chi connectivity index (χ0) is 17.1. The molecule has 1 aliphatic rings. The lowest BCUT2D eigenvalue weighted by Crippen LogP contribution is -2.24. The van der Waals surface area contributed by atoms with Crippen molar-refractivity contribution in [1.29, 1.82) is 0 Å². The molecule has 0 aliphatic carbocycles. The van der Waals surface area contributed by atoms with Crippen LogP contribution in [-0.4, -0.2) is 30.8 Å². The molecule has 2 aromatic rings. The fourth-order valence-electron chi connectivity index (χ4n) is 2.86. The molecule has 0 fully saturated rings. The van der Waals surface area contributed by atoms with Gasteiger partial charge in [0.05, 0.1) is 26.0 Å². The molecular formula is C19H20N2O3. The molecule has 2 aromatic carbocycles. The highest BCUT2D eigenvalue weighted by atomic mass is 16.5. The summed E-state index contributed by atoms with van der Waals surface area (Å²) in [5.74, 6) is 1.49. The molecule has 1 heterocycles. The van der Waals surface area contributed by atoms with E-state index in [2.05, 4.69) is 5.10 Å². The molecule has 1 amide bonds. The maximum atomic E-state index is 12.0. The van der Waals surface area contributed by atoms with Crippen molar-refractivity contribution in [1.82, 2.24) is 5.01 Å². The molecule has 0 radical (unpaired) electrons. The average molecular weight is 324 g/mol. The molecule has 5 heteroatoms. The van der Waals surface area contributed by atoms with E-state index in [9.17, 15) is 4.79 Å². The van der Waals surface area contributed by atoms with Crippen molar-refractivity contribution in [3.63, 3.8) is 0 Å². The maximum Gasteiger partial charge on any atom is 0.240 e. The molecule has 1 atom stereocenters. The van der Waals surface area contributed by atoms with Gasteiger partial charge in [-0.1, -0.05) is 24.3 Å². The van der Waals surface area contributed by atoms with E-state index in [1.165, 1.54) is 6.92 Å². The zero-order valence-corrected chi connectivity index (χ0v) is 14.0. The number of hydrogen-bond acceptors (Lipinski definition) is 4. The second kappa shape index (κ2) is 6.74. The molecule has 5 nitrogen and oxygen atoms in total. The van der Waals surface area contributed by atoms with Crippen LogP contribution in [-0.2, 0) is 4.79 Å².